The normalized spacial score (nSPS) is 16.1. The first-order valence-electron chi connectivity index (χ1n) is 8.00. The third-order valence-electron chi connectivity index (χ3n) is 4.58. The van der Waals surface area contributed by atoms with Gasteiger partial charge in [0.2, 0.25) is 0 Å². The smallest absolute Gasteiger partial charge is 0.354 e. The Bertz CT molecular complexity index is 966. The van der Waals surface area contributed by atoms with Crippen LogP contribution in [0.25, 0.3) is 11.0 Å². The van der Waals surface area contributed by atoms with E-state index in [9.17, 15) is 4.79 Å². The summed E-state index contributed by atoms with van der Waals surface area (Å²) in [6, 6.07) is 7.81. The maximum Gasteiger partial charge on any atom is 0.354 e. The average molecular weight is 338 g/mol. The quantitative estimate of drug-likeness (QED) is 0.740. The molecule has 7 heteroatoms. The van der Waals surface area contributed by atoms with Crippen LogP contribution >= 0.6 is 0 Å². The molecule has 0 saturated carbocycles. The van der Waals surface area contributed by atoms with Gasteiger partial charge in [-0.2, -0.15) is 0 Å². The molecule has 1 aliphatic heterocycles. The number of hydrogen-bond donors (Lipinski definition) is 1. The van der Waals surface area contributed by atoms with Crippen LogP contribution in [-0.4, -0.2) is 41.7 Å². The number of hydrogen-bond acceptors (Lipinski definition) is 6. The number of ether oxygens (including phenoxy) is 2. The number of rotatable bonds is 3. The minimum atomic E-state index is -0.430. The van der Waals surface area contributed by atoms with Crippen LogP contribution in [0.1, 0.15) is 28.9 Å². The zero-order valence-electron chi connectivity index (χ0n) is 14.2. The van der Waals surface area contributed by atoms with Gasteiger partial charge in [0, 0.05) is 24.2 Å². The second-order valence-corrected chi connectivity index (χ2v) is 6.07. The Hall–Kier alpha value is -3.09. The van der Waals surface area contributed by atoms with Crippen molar-refractivity contribution in [3.05, 3.63) is 41.9 Å². The number of aromatic nitrogens is 3. The fourth-order valence-electron chi connectivity index (χ4n) is 3.33. The number of fused-ring (bicyclic) bond motifs is 2. The van der Waals surface area contributed by atoms with Gasteiger partial charge in [0.1, 0.15) is 29.2 Å². The molecular formula is C18H18N4O3. The first-order valence-corrected chi connectivity index (χ1v) is 8.00. The fourth-order valence-corrected chi connectivity index (χ4v) is 3.33. The number of methoxy groups -OCH3 is 2. The second kappa shape index (κ2) is 5.77. The van der Waals surface area contributed by atoms with E-state index in [1.54, 1.807) is 13.2 Å². The minimum Gasteiger partial charge on any atom is -0.497 e. The molecule has 1 atom stereocenters. The van der Waals surface area contributed by atoms with Gasteiger partial charge in [-0.05, 0) is 17.7 Å². The van der Waals surface area contributed by atoms with E-state index in [2.05, 4.69) is 32.8 Å². The predicted octanol–water partition coefficient (Wildman–Crippen LogP) is 3.01. The van der Waals surface area contributed by atoms with Gasteiger partial charge in [0.25, 0.3) is 0 Å². The van der Waals surface area contributed by atoms with Crippen molar-refractivity contribution in [2.75, 3.05) is 25.7 Å². The van der Waals surface area contributed by atoms with Gasteiger partial charge in [0.05, 0.1) is 19.6 Å². The van der Waals surface area contributed by atoms with Gasteiger partial charge >= 0.3 is 5.97 Å². The van der Waals surface area contributed by atoms with E-state index in [4.69, 9.17) is 9.47 Å². The van der Waals surface area contributed by atoms with Gasteiger partial charge < -0.3 is 19.4 Å². The topological polar surface area (TPSA) is 80.3 Å². The Morgan fingerprint density at radius 3 is 2.88 bits per heavy atom. The summed E-state index contributed by atoms with van der Waals surface area (Å²) in [5.41, 5.74) is 3.27. The summed E-state index contributed by atoms with van der Waals surface area (Å²) < 4.78 is 10.2. The molecule has 0 fully saturated rings. The number of H-pyrrole nitrogens is 1. The first kappa shape index (κ1) is 15.4. The second-order valence-electron chi connectivity index (χ2n) is 6.07. The monoisotopic (exact) mass is 338 g/mol. The summed E-state index contributed by atoms with van der Waals surface area (Å²) in [5, 5.41) is 0.783. The molecule has 4 rings (SSSR count). The van der Waals surface area contributed by atoms with Gasteiger partial charge in [-0.15, -0.1) is 0 Å². The number of esters is 1. The van der Waals surface area contributed by atoms with Crippen molar-refractivity contribution in [3.63, 3.8) is 0 Å². The van der Waals surface area contributed by atoms with Crippen LogP contribution in [0.4, 0.5) is 11.5 Å². The van der Waals surface area contributed by atoms with E-state index in [0.717, 1.165) is 29.2 Å². The summed E-state index contributed by atoms with van der Waals surface area (Å²) in [6.07, 6.45) is 1.50. The maximum atomic E-state index is 11.8. The Morgan fingerprint density at radius 1 is 1.28 bits per heavy atom. The summed E-state index contributed by atoms with van der Waals surface area (Å²) in [7, 11) is 3.01. The van der Waals surface area contributed by atoms with Crippen LogP contribution in [0.2, 0.25) is 0 Å². The highest BCUT2D eigenvalue weighted by atomic mass is 16.5. The van der Waals surface area contributed by atoms with Crippen molar-refractivity contribution in [1.29, 1.82) is 0 Å². The lowest BCUT2D eigenvalue weighted by atomic mass is 10.0. The molecule has 0 amide bonds. The summed E-state index contributed by atoms with van der Waals surface area (Å²) in [5.74, 6) is 1.49. The third-order valence-corrected chi connectivity index (χ3v) is 4.58. The van der Waals surface area contributed by atoms with Crippen LogP contribution in [0.15, 0.2) is 30.6 Å². The molecular weight excluding hydrogens is 320 g/mol. The molecule has 0 saturated heterocycles. The number of nitrogens with zero attached hydrogens (tertiary/aromatic N) is 3. The van der Waals surface area contributed by atoms with Gasteiger partial charge in [-0.1, -0.05) is 13.0 Å². The number of carbonyl (C=O) groups excluding carboxylic acids is 1. The lowest BCUT2D eigenvalue weighted by Crippen LogP contribution is -2.16. The third kappa shape index (κ3) is 2.39. The Labute approximate surface area is 144 Å². The van der Waals surface area contributed by atoms with E-state index in [-0.39, 0.29) is 0 Å². The summed E-state index contributed by atoms with van der Waals surface area (Å²) in [6.45, 7) is 2.98. The first-order chi connectivity index (χ1) is 12.1. The molecule has 7 nitrogen and oxygen atoms in total. The van der Waals surface area contributed by atoms with Crippen molar-refractivity contribution < 1.29 is 14.3 Å². The molecule has 3 aromatic rings. The SMILES string of the molecule is COC(=O)c1cc2c(N3CC(C)c4ccc(OC)cc43)ncnc2[nH]1. The largest absolute Gasteiger partial charge is 0.497 e. The zero-order valence-corrected chi connectivity index (χ0v) is 14.2. The van der Waals surface area contributed by atoms with E-state index in [0.29, 0.717) is 17.3 Å². The van der Waals surface area contributed by atoms with Crippen molar-refractivity contribution in [2.24, 2.45) is 0 Å². The molecule has 0 bridgehead atoms. The summed E-state index contributed by atoms with van der Waals surface area (Å²) >= 11 is 0. The zero-order chi connectivity index (χ0) is 17.6. The number of carbonyl (C=O) groups is 1. The number of benzene rings is 1. The van der Waals surface area contributed by atoms with Gasteiger partial charge in [-0.25, -0.2) is 14.8 Å². The Kier molecular flexibility index (Phi) is 3.56. The molecule has 0 aliphatic carbocycles. The van der Waals surface area contributed by atoms with Crippen molar-refractivity contribution in [1.82, 2.24) is 15.0 Å². The van der Waals surface area contributed by atoms with E-state index in [1.165, 1.54) is 19.0 Å². The Morgan fingerprint density at radius 2 is 2.12 bits per heavy atom. The molecule has 0 radical (unpaired) electrons. The maximum absolute atomic E-state index is 11.8. The van der Waals surface area contributed by atoms with Crippen LogP contribution in [0.3, 0.4) is 0 Å². The van der Waals surface area contributed by atoms with Crippen LogP contribution < -0.4 is 9.64 Å². The highest BCUT2D eigenvalue weighted by molar-refractivity contribution is 5.98. The number of anilines is 2. The van der Waals surface area contributed by atoms with Gasteiger partial charge in [-0.3, -0.25) is 0 Å². The molecule has 3 heterocycles. The predicted molar refractivity (Wildman–Crippen MR) is 93.6 cm³/mol. The fraction of sp³-hybridized carbons (Fsp3) is 0.278. The number of nitrogens with one attached hydrogen (secondary N) is 1. The molecule has 1 unspecified atom stereocenters. The minimum absolute atomic E-state index is 0.359. The van der Waals surface area contributed by atoms with E-state index < -0.39 is 5.97 Å². The standard InChI is InChI=1S/C18H18N4O3/c1-10-8-22(15-6-11(24-2)4-5-12(10)15)17-13-7-14(18(23)25-3)21-16(13)19-9-20-17/h4-7,9-10H,8H2,1-3H3,(H,19,20,21). The van der Waals surface area contributed by atoms with Gasteiger partial charge in [0.15, 0.2) is 0 Å². The van der Waals surface area contributed by atoms with Crippen molar-refractivity contribution in [2.45, 2.75) is 12.8 Å². The number of aromatic amines is 1. The lowest BCUT2D eigenvalue weighted by molar-refractivity contribution is 0.0595. The van der Waals surface area contributed by atoms with Crippen LogP contribution in [0.5, 0.6) is 5.75 Å². The van der Waals surface area contributed by atoms with E-state index >= 15 is 0 Å². The lowest BCUT2D eigenvalue weighted by Gasteiger charge is -2.19. The molecule has 1 aromatic carbocycles. The molecule has 1 aliphatic rings. The molecule has 1 N–H and O–H groups in total. The highest BCUT2D eigenvalue weighted by Gasteiger charge is 2.29. The van der Waals surface area contributed by atoms with E-state index in [1.807, 2.05) is 12.1 Å². The molecule has 2 aromatic heterocycles. The molecule has 0 spiro atoms. The summed E-state index contributed by atoms with van der Waals surface area (Å²) in [4.78, 5) is 25.7. The van der Waals surface area contributed by atoms with Crippen molar-refractivity contribution in [3.8, 4) is 5.75 Å². The van der Waals surface area contributed by atoms with Crippen LogP contribution in [0, 0.1) is 0 Å². The molecule has 128 valence electrons. The highest BCUT2D eigenvalue weighted by Crippen LogP contribution is 2.43. The average Bonchev–Trinajstić information content (AvgIpc) is 3.22. The van der Waals surface area contributed by atoms with Crippen LogP contribution in [-0.2, 0) is 4.74 Å². The molecule has 25 heavy (non-hydrogen) atoms. The Balaban J connectivity index is 1.86. The van der Waals surface area contributed by atoms with Crippen molar-refractivity contribution >= 4 is 28.5 Å².